The van der Waals surface area contributed by atoms with Crippen molar-refractivity contribution in [3.05, 3.63) is 30.1 Å². The van der Waals surface area contributed by atoms with E-state index in [-0.39, 0.29) is 17.2 Å². The Balaban J connectivity index is 1.79. The predicted molar refractivity (Wildman–Crippen MR) is 129 cm³/mol. The van der Waals surface area contributed by atoms with E-state index in [9.17, 15) is 18.7 Å². The monoisotopic (exact) mass is 492 g/mol. The van der Waals surface area contributed by atoms with Crippen LogP contribution in [0.25, 0.3) is 11.3 Å². The molecule has 4 atom stereocenters. The fraction of sp³-hybridized carbons (Fsp3) is 0.667. The van der Waals surface area contributed by atoms with E-state index in [0.717, 1.165) is 19.3 Å². The lowest BCUT2D eigenvalue weighted by Gasteiger charge is -2.37. The normalized spacial score (nSPS) is 25.4. The first kappa shape index (κ1) is 27.1. The molecular formula is C27H38F2N2O4. The number of pyridine rings is 1. The van der Waals surface area contributed by atoms with Crippen LogP contribution >= 0.6 is 0 Å². The minimum absolute atomic E-state index is 0.0420. The average molecular weight is 493 g/mol. The first-order chi connectivity index (χ1) is 16.4. The van der Waals surface area contributed by atoms with Gasteiger partial charge in [-0.1, -0.05) is 46.2 Å². The first-order valence-corrected chi connectivity index (χ1v) is 12.5. The van der Waals surface area contributed by atoms with Gasteiger partial charge in [0, 0.05) is 12.3 Å². The van der Waals surface area contributed by atoms with E-state index in [1.54, 1.807) is 18.2 Å². The van der Waals surface area contributed by atoms with Gasteiger partial charge in [0.05, 0.1) is 16.7 Å². The van der Waals surface area contributed by atoms with Crippen LogP contribution in [0.1, 0.15) is 78.8 Å². The van der Waals surface area contributed by atoms with E-state index >= 15 is 0 Å². The smallest absolute Gasteiger partial charge is 0.388 e. The predicted octanol–water partition coefficient (Wildman–Crippen LogP) is 7.24. The standard InChI is InChI=1S/C27H38F2N2O4/c1-6-11-27(24(32)33)15-18(17(2)13-19(16-27)26(3,4)5)9-10-20-14-22(35-31-20)21-8-7-12-30-23(21)34-25(28)29/h7-8,12,14,17-19,25H,6,9-11,13,15-16H2,1-5H3,(H,32,33)/t17?,18?,19-,27-/m0/s1. The van der Waals surface area contributed by atoms with Crippen LogP contribution in [0.4, 0.5) is 8.78 Å². The highest BCUT2D eigenvalue weighted by molar-refractivity contribution is 5.74. The van der Waals surface area contributed by atoms with Gasteiger partial charge in [-0.2, -0.15) is 8.78 Å². The average Bonchev–Trinajstić information content (AvgIpc) is 3.18. The largest absolute Gasteiger partial charge is 0.481 e. The Hall–Kier alpha value is -2.51. The summed E-state index contributed by atoms with van der Waals surface area (Å²) in [4.78, 5) is 16.5. The Morgan fingerprint density at radius 2 is 2.09 bits per heavy atom. The van der Waals surface area contributed by atoms with Gasteiger partial charge in [0.15, 0.2) is 5.76 Å². The SMILES string of the molecule is CCC[C@]1(C(=O)O)CC(CCc2cc(-c3cccnc3OC(F)F)on2)C(C)C[C@H](C(C)(C)C)C1. The summed E-state index contributed by atoms with van der Waals surface area (Å²) >= 11 is 0. The number of ether oxygens (including phenoxy) is 1. The third kappa shape index (κ3) is 6.58. The van der Waals surface area contributed by atoms with Crippen LogP contribution < -0.4 is 4.74 Å². The molecule has 194 valence electrons. The number of carboxylic acids is 1. The van der Waals surface area contributed by atoms with Gasteiger partial charge in [0.25, 0.3) is 0 Å². The van der Waals surface area contributed by atoms with Crippen molar-refractivity contribution in [1.82, 2.24) is 10.1 Å². The van der Waals surface area contributed by atoms with Gasteiger partial charge in [0.1, 0.15) is 0 Å². The van der Waals surface area contributed by atoms with Crippen molar-refractivity contribution < 1.29 is 27.9 Å². The summed E-state index contributed by atoms with van der Waals surface area (Å²) < 4.78 is 35.4. The van der Waals surface area contributed by atoms with Gasteiger partial charge < -0.3 is 14.4 Å². The van der Waals surface area contributed by atoms with Gasteiger partial charge in [-0.05, 0) is 73.8 Å². The molecule has 0 amide bonds. The van der Waals surface area contributed by atoms with E-state index in [1.807, 2.05) is 0 Å². The topological polar surface area (TPSA) is 85.5 Å². The second-order valence-electron chi connectivity index (χ2n) is 11.2. The third-order valence-electron chi connectivity index (χ3n) is 7.73. The van der Waals surface area contributed by atoms with Crippen molar-refractivity contribution in [3.8, 4) is 17.2 Å². The molecule has 6 nitrogen and oxygen atoms in total. The van der Waals surface area contributed by atoms with E-state index in [0.29, 0.717) is 54.5 Å². The molecule has 2 aromatic rings. The first-order valence-electron chi connectivity index (χ1n) is 12.5. The molecule has 1 saturated carbocycles. The fourth-order valence-electron chi connectivity index (χ4n) is 5.64. The number of alkyl halides is 2. The zero-order chi connectivity index (χ0) is 25.8. The molecule has 0 bridgehead atoms. The maximum atomic E-state index is 12.7. The van der Waals surface area contributed by atoms with Gasteiger partial charge in [-0.3, -0.25) is 4.79 Å². The van der Waals surface area contributed by atoms with E-state index in [4.69, 9.17) is 4.52 Å². The van der Waals surface area contributed by atoms with Gasteiger partial charge >= 0.3 is 12.6 Å². The molecule has 0 spiro atoms. The molecule has 35 heavy (non-hydrogen) atoms. The summed E-state index contributed by atoms with van der Waals surface area (Å²) in [5, 5.41) is 14.5. The Morgan fingerprint density at radius 3 is 2.71 bits per heavy atom. The highest BCUT2D eigenvalue weighted by Gasteiger charge is 2.47. The molecule has 8 heteroatoms. The zero-order valence-corrected chi connectivity index (χ0v) is 21.4. The zero-order valence-electron chi connectivity index (χ0n) is 21.4. The molecule has 0 saturated heterocycles. The van der Waals surface area contributed by atoms with E-state index in [1.165, 1.54) is 6.20 Å². The van der Waals surface area contributed by atoms with Crippen molar-refractivity contribution in [2.75, 3.05) is 0 Å². The van der Waals surface area contributed by atoms with Crippen LogP contribution in [0.5, 0.6) is 5.88 Å². The maximum absolute atomic E-state index is 12.7. The molecule has 0 aromatic carbocycles. The van der Waals surface area contributed by atoms with Crippen molar-refractivity contribution in [2.24, 2.45) is 28.6 Å². The lowest BCUT2D eigenvalue weighted by atomic mass is 9.67. The van der Waals surface area contributed by atoms with Crippen molar-refractivity contribution >= 4 is 5.97 Å². The van der Waals surface area contributed by atoms with Crippen LogP contribution in [-0.2, 0) is 11.2 Å². The number of hydrogen-bond donors (Lipinski definition) is 1. The summed E-state index contributed by atoms with van der Waals surface area (Å²) in [5.41, 5.74) is 0.344. The molecule has 1 fully saturated rings. The highest BCUT2D eigenvalue weighted by Crippen LogP contribution is 2.51. The third-order valence-corrected chi connectivity index (χ3v) is 7.73. The molecule has 1 aliphatic rings. The Kier molecular flexibility index (Phi) is 8.54. The van der Waals surface area contributed by atoms with Crippen molar-refractivity contribution in [1.29, 1.82) is 0 Å². The molecule has 2 heterocycles. The number of nitrogens with zero attached hydrogens (tertiary/aromatic N) is 2. The van der Waals surface area contributed by atoms with Crippen LogP contribution in [0.15, 0.2) is 28.9 Å². The van der Waals surface area contributed by atoms with Gasteiger partial charge in [-0.25, -0.2) is 4.98 Å². The van der Waals surface area contributed by atoms with E-state index < -0.39 is 18.0 Å². The van der Waals surface area contributed by atoms with Crippen molar-refractivity contribution in [2.45, 2.75) is 86.2 Å². The lowest BCUT2D eigenvalue weighted by Crippen LogP contribution is -2.36. The van der Waals surface area contributed by atoms with Crippen LogP contribution in [0.2, 0.25) is 0 Å². The van der Waals surface area contributed by atoms with Crippen LogP contribution in [-0.4, -0.2) is 27.8 Å². The molecular weight excluding hydrogens is 454 g/mol. The number of aromatic nitrogens is 2. The Morgan fingerprint density at radius 1 is 1.34 bits per heavy atom. The fourth-order valence-corrected chi connectivity index (χ4v) is 5.64. The number of carbonyl (C=O) groups is 1. The summed E-state index contributed by atoms with van der Waals surface area (Å²) in [5.74, 6) is 0.384. The molecule has 0 radical (unpaired) electrons. The van der Waals surface area contributed by atoms with Gasteiger partial charge in [0.2, 0.25) is 5.88 Å². The lowest BCUT2D eigenvalue weighted by molar-refractivity contribution is -0.152. The number of halogens is 2. The summed E-state index contributed by atoms with van der Waals surface area (Å²) in [6.07, 6.45) is 6.67. The minimum atomic E-state index is -2.99. The molecule has 3 rings (SSSR count). The molecule has 2 aromatic heterocycles. The summed E-state index contributed by atoms with van der Waals surface area (Å²) in [7, 11) is 0. The molecule has 1 aliphatic carbocycles. The molecule has 1 N–H and O–H groups in total. The summed E-state index contributed by atoms with van der Waals surface area (Å²) in [6.45, 7) is 7.95. The highest BCUT2D eigenvalue weighted by atomic mass is 19.3. The number of aryl methyl sites for hydroxylation is 1. The van der Waals surface area contributed by atoms with E-state index in [2.05, 4.69) is 49.5 Å². The number of hydrogen-bond acceptors (Lipinski definition) is 5. The second-order valence-corrected chi connectivity index (χ2v) is 11.2. The second kappa shape index (κ2) is 11.0. The van der Waals surface area contributed by atoms with Crippen LogP contribution in [0.3, 0.4) is 0 Å². The maximum Gasteiger partial charge on any atom is 0.388 e. The number of carboxylic acid groups (broad SMARTS) is 1. The Bertz CT molecular complexity index is 988. The number of aliphatic carboxylic acids is 1. The molecule has 0 aliphatic heterocycles. The Labute approximate surface area is 206 Å². The molecule has 2 unspecified atom stereocenters. The van der Waals surface area contributed by atoms with Crippen LogP contribution in [0, 0.1) is 28.6 Å². The van der Waals surface area contributed by atoms with Gasteiger partial charge in [-0.15, -0.1) is 0 Å². The number of rotatable bonds is 9. The summed E-state index contributed by atoms with van der Waals surface area (Å²) in [6, 6.07) is 4.94. The van der Waals surface area contributed by atoms with Crippen molar-refractivity contribution in [3.63, 3.8) is 0 Å². The quantitative estimate of drug-likeness (QED) is 0.371. The minimum Gasteiger partial charge on any atom is -0.481 e.